The molecule has 2 rings (SSSR count). The molecule has 0 radical (unpaired) electrons. The summed E-state index contributed by atoms with van der Waals surface area (Å²) in [4.78, 5) is 62.0. The van der Waals surface area contributed by atoms with E-state index in [1.807, 2.05) is 4.98 Å². The van der Waals surface area contributed by atoms with Gasteiger partial charge in [-0.05, 0) is 6.92 Å². The molecule has 0 saturated carbocycles. The van der Waals surface area contributed by atoms with Crippen LogP contribution in [0.1, 0.15) is 17.4 Å². The number of piperazine rings is 1. The average molecular weight is 266 g/mol. The first-order chi connectivity index (χ1) is 8.88. The molecule has 1 atom stereocenters. The quantitative estimate of drug-likeness (QED) is 0.485. The summed E-state index contributed by atoms with van der Waals surface area (Å²) in [5.41, 5.74) is -1.85. The summed E-state index contributed by atoms with van der Waals surface area (Å²) >= 11 is 0. The van der Waals surface area contributed by atoms with Gasteiger partial charge in [-0.25, -0.2) is 4.79 Å². The molecule has 100 valence electrons. The second-order valence-electron chi connectivity index (χ2n) is 4.02. The lowest BCUT2D eigenvalue weighted by molar-refractivity contribution is -0.138. The molecule has 9 heteroatoms. The number of carbonyl (C=O) groups excluding carboxylic acids is 3. The Hall–Kier alpha value is -2.71. The Morgan fingerprint density at radius 1 is 1.26 bits per heavy atom. The number of aromatic amines is 2. The van der Waals surface area contributed by atoms with Gasteiger partial charge in [0.2, 0.25) is 11.8 Å². The summed E-state index contributed by atoms with van der Waals surface area (Å²) in [6.07, 6.45) is 0. The molecule has 3 N–H and O–H groups in total. The average Bonchev–Trinajstić information content (AvgIpc) is 2.31. The van der Waals surface area contributed by atoms with Crippen LogP contribution in [0, 0.1) is 0 Å². The van der Waals surface area contributed by atoms with Crippen LogP contribution in [0.3, 0.4) is 0 Å². The third-order valence-electron chi connectivity index (χ3n) is 2.68. The second-order valence-corrected chi connectivity index (χ2v) is 4.02. The Balaban J connectivity index is 2.37. The van der Waals surface area contributed by atoms with Gasteiger partial charge >= 0.3 is 5.69 Å². The number of imide groups is 1. The smallest absolute Gasteiger partial charge is 0.316 e. The summed E-state index contributed by atoms with van der Waals surface area (Å²) in [6.45, 7) is 1.12. The molecule has 1 unspecified atom stereocenters. The Kier molecular flexibility index (Phi) is 3.03. The lowest BCUT2D eigenvalue weighted by Gasteiger charge is -2.31. The van der Waals surface area contributed by atoms with E-state index in [-0.39, 0.29) is 12.2 Å². The third-order valence-corrected chi connectivity index (χ3v) is 2.68. The highest BCUT2D eigenvalue weighted by Crippen LogP contribution is 2.08. The first-order valence-electron chi connectivity index (χ1n) is 5.37. The van der Waals surface area contributed by atoms with Crippen molar-refractivity contribution in [1.82, 2.24) is 20.2 Å². The maximum Gasteiger partial charge on any atom is 0.326 e. The van der Waals surface area contributed by atoms with E-state index in [2.05, 4.69) is 10.3 Å². The number of amides is 3. The topological polar surface area (TPSA) is 132 Å². The SMILES string of the molecule is CC1C(=O)NC(=O)CN1C(=O)c1cc(=O)[nH]c(=O)[nH]1. The molecule has 1 aliphatic rings. The summed E-state index contributed by atoms with van der Waals surface area (Å²) in [6, 6.07) is 0.0287. The van der Waals surface area contributed by atoms with Gasteiger partial charge in [0, 0.05) is 6.07 Å². The van der Waals surface area contributed by atoms with E-state index in [9.17, 15) is 24.0 Å². The third kappa shape index (κ3) is 2.44. The molecule has 0 spiro atoms. The van der Waals surface area contributed by atoms with Crippen LogP contribution in [0.15, 0.2) is 15.7 Å². The van der Waals surface area contributed by atoms with E-state index >= 15 is 0 Å². The van der Waals surface area contributed by atoms with Crippen LogP contribution in [0.4, 0.5) is 0 Å². The van der Waals surface area contributed by atoms with Crippen LogP contribution in [0.2, 0.25) is 0 Å². The minimum Gasteiger partial charge on any atom is -0.316 e. The Morgan fingerprint density at radius 3 is 2.58 bits per heavy atom. The van der Waals surface area contributed by atoms with Crippen LogP contribution in [0.25, 0.3) is 0 Å². The fourth-order valence-corrected chi connectivity index (χ4v) is 1.70. The normalized spacial score (nSPS) is 19.2. The number of nitrogens with one attached hydrogen (secondary N) is 3. The van der Waals surface area contributed by atoms with E-state index in [0.29, 0.717) is 0 Å². The number of hydrogen-bond donors (Lipinski definition) is 3. The maximum atomic E-state index is 12.1. The molecule has 3 amide bonds. The second kappa shape index (κ2) is 4.52. The Bertz CT molecular complexity index is 645. The van der Waals surface area contributed by atoms with E-state index in [1.165, 1.54) is 6.92 Å². The van der Waals surface area contributed by atoms with Gasteiger partial charge in [0.25, 0.3) is 11.5 Å². The predicted octanol–water partition coefficient (Wildman–Crippen LogP) is -2.45. The first kappa shape index (κ1) is 12.7. The minimum atomic E-state index is -0.868. The van der Waals surface area contributed by atoms with E-state index in [4.69, 9.17) is 0 Å². The molecule has 1 aromatic rings. The van der Waals surface area contributed by atoms with Crippen molar-refractivity contribution in [3.05, 3.63) is 32.6 Å². The zero-order chi connectivity index (χ0) is 14.2. The number of aromatic nitrogens is 2. The van der Waals surface area contributed by atoms with Gasteiger partial charge in [-0.3, -0.25) is 29.5 Å². The van der Waals surface area contributed by atoms with Crippen molar-refractivity contribution in [3.8, 4) is 0 Å². The van der Waals surface area contributed by atoms with E-state index < -0.39 is 35.0 Å². The standard InChI is InChI=1S/C10H10N4O5/c1-4-8(17)12-7(16)3-14(4)9(18)5-2-6(15)13-10(19)11-5/h2,4H,3H2,1H3,(H,12,16,17)(H2,11,13,15,19). The van der Waals surface area contributed by atoms with Gasteiger partial charge < -0.3 is 9.88 Å². The van der Waals surface area contributed by atoms with Crippen LogP contribution in [0.5, 0.6) is 0 Å². The lowest BCUT2D eigenvalue weighted by atomic mass is 10.2. The lowest BCUT2D eigenvalue weighted by Crippen LogP contribution is -2.58. The maximum absolute atomic E-state index is 12.1. The largest absolute Gasteiger partial charge is 0.326 e. The van der Waals surface area contributed by atoms with Crippen molar-refractivity contribution in [3.63, 3.8) is 0 Å². The minimum absolute atomic E-state index is 0.275. The predicted molar refractivity (Wildman–Crippen MR) is 61.3 cm³/mol. The molecule has 9 nitrogen and oxygen atoms in total. The molecule has 0 aliphatic carbocycles. The van der Waals surface area contributed by atoms with Gasteiger partial charge in [-0.2, -0.15) is 0 Å². The van der Waals surface area contributed by atoms with Crippen LogP contribution >= 0.6 is 0 Å². The van der Waals surface area contributed by atoms with Crippen molar-refractivity contribution in [2.75, 3.05) is 6.54 Å². The van der Waals surface area contributed by atoms with Crippen molar-refractivity contribution in [2.45, 2.75) is 13.0 Å². The Labute approximate surface area is 105 Å². The summed E-state index contributed by atoms with van der Waals surface area (Å²) < 4.78 is 0. The molecular formula is C10H10N4O5. The number of carbonyl (C=O) groups is 3. The Morgan fingerprint density at radius 2 is 1.95 bits per heavy atom. The van der Waals surface area contributed by atoms with Crippen LogP contribution < -0.4 is 16.6 Å². The molecule has 19 heavy (non-hydrogen) atoms. The molecule has 1 aliphatic heterocycles. The number of nitrogens with zero attached hydrogens (tertiary/aromatic N) is 1. The molecule has 0 bridgehead atoms. The summed E-state index contributed by atoms with van der Waals surface area (Å²) in [7, 11) is 0. The molecule has 0 aromatic carbocycles. The van der Waals surface area contributed by atoms with Crippen LogP contribution in [-0.2, 0) is 9.59 Å². The molecular weight excluding hydrogens is 256 g/mol. The highest BCUT2D eigenvalue weighted by atomic mass is 16.2. The first-order valence-corrected chi connectivity index (χ1v) is 5.37. The number of hydrogen-bond acceptors (Lipinski definition) is 5. The van der Waals surface area contributed by atoms with Crippen molar-refractivity contribution < 1.29 is 14.4 Å². The monoisotopic (exact) mass is 266 g/mol. The molecule has 1 fully saturated rings. The highest BCUT2D eigenvalue weighted by Gasteiger charge is 2.34. The number of rotatable bonds is 1. The van der Waals surface area contributed by atoms with Gasteiger partial charge in [-0.1, -0.05) is 0 Å². The van der Waals surface area contributed by atoms with Crippen molar-refractivity contribution in [2.24, 2.45) is 0 Å². The molecule has 1 saturated heterocycles. The molecule has 1 aromatic heterocycles. The van der Waals surface area contributed by atoms with Gasteiger partial charge in [0.1, 0.15) is 18.3 Å². The van der Waals surface area contributed by atoms with Crippen molar-refractivity contribution >= 4 is 17.7 Å². The zero-order valence-electron chi connectivity index (χ0n) is 9.85. The van der Waals surface area contributed by atoms with E-state index in [0.717, 1.165) is 11.0 Å². The van der Waals surface area contributed by atoms with Crippen molar-refractivity contribution in [1.29, 1.82) is 0 Å². The summed E-state index contributed by atoms with van der Waals surface area (Å²) in [5.74, 6) is -2.00. The molecule has 2 heterocycles. The van der Waals surface area contributed by atoms with E-state index in [1.54, 1.807) is 0 Å². The van der Waals surface area contributed by atoms with Gasteiger partial charge in [0.05, 0.1) is 0 Å². The fourth-order valence-electron chi connectivity index (χ4n) is 1.70. The van der Waals surface area contributed by atoms with Gasteiger partial charge in [0.15, 0.2) is 0 Å². The van der Waals surface area contributed by atoms with Crippen LogP contribution in [-0.4, -0.2) is 45.2 Å². The summed E-state index contributed by atoms with van der Waals surface area (Å²) in [5, 5.41) is 2.08. The highest BCUT2D eigenvalue weighted by molar-refractivity contribution is 6.06. The fraction of sp³-hybridized carbons (Fsp3) is 0.300. The zero-order valence-corrected chi connectivity index (χ0v) is 9.85. The number of H-pyrrole nitrogens is 2. The van der Waals surface area contributed by atoms with Gasteiger partial charge in [-0.15, -0.1) is 0 Å².